The van der Waals surface area contributed by atoms with Crippen LogP contribution in [0, 0.1) is 5.92 Å². The van der Waals surface area contributed by atoms with Crippen LogP contribution in [-0.4, -0.2) is 39.8 Å². The van der Waals surface area contributed by atoms with E-state index in [1.807, 2.05) is 0 Å². The molecule has 0 aromatic heterocycles. The Bertz CT molecular complexity index is 508. The maximum Gasteiger partial charge on any atom is 0.251 e. The maximum absolute atomic E-state index is 12.5. The van der Waals surface area contributed by atoms with Crippen LogP contribution in [0.1, 0.15) is 29.6 Å². The van der Waals surface area contributed by atoms with Crippen molar-refractivity contribution in [1.29, 1.82) is 0 Å². The third-order valence-electron chi connectivity index (χ3n) is 4.21. The predicted molar refractivity (Wildman–Crippen MR) is 83.7 cm³/mol. The fourth-order valence-corrected chi connectivity index (χ4v) is 2.97. The molecular formula is C16H24N2O4. The van der Waals surface area contributed by atoms with Gasteiger partial charge in [-0.3, -0.25) is 4.79 Å². The van der Waals surface area contributed by atoms with Crippen molar-refractivity contribution < 1.29 is 19.0 Å². The number of amides is 1. The molecule has 1 saturated carbocycles. The van der Waals surface area contributed by atoms with Crippen LogP contribution >= 0.6 is 0 Å². The van der Waals surface area contributed by atoms with Crippen LogP contribution in [0.3, 0.4) is 0 Å². The average Bonchev–Trinajstić information content (AvgIpc) is 3.00. The lowest BCUT2D eigenvalue weighted by Crippen LogP contribution is -2.39. The number of hydrogen-bond acceptors (Lipinski definition) is 5. The highest BCUT2D eigenvalue weighted by atomic mass is 16.5. The Kier molecular flexibility index (Phi) is 5.49. The summed E-state index contributed by atoms with van der Waals surface area (Å²) >= 11 is 0. The van der Waals surface area contributed by atoms with Crippen molar-refractivity contribution in [3.05, 3.63) is 17.7 Å². The second kappa shape index (κ2) is 7.35. The molecule has 2 atom stereocenters. The van der Waals surface area contributed by atoms with Crippen molar-refractivity contribution in [3.8, 4) is 17.2 Å². The molecule has 2 rings (SSSR count). The lowest BCUT2D eigenvalue weighted by atomic mass is 10.0. The predicted octanol–water partition coefficient (Wildman–Crippen LogP) is 1.57. The van der Waals surface area contributed by atoms with E-state index in [-0.39, 0.29) is 11.9 Å². The maximum atomic E-state index is 12.5. The van der Waals surface area contributed by atoms with Crippen molar-refractivity contribution in [1.82, 2.24) is 5.32 Å². The van der Waals surface area contributed by atoms with Crippen LogP contribution in [-0.2, 0) is 0 Å². The second-order valence-electron chi connectivity index (χ2n) is 5.42. The van der Waals surface area contributed by atoms with Gasteiger partial charge in [0, 0.05) is 11.6 Å². The zero-order valence-corrected chi connectivity index (χ0v) is 13.3. The number of rotatable bonds is 6. The quantitative estimate of drug-likeness (QED) is 0.833. The molecule has 0 saturated heterocycles. The summed E-state index contributed by atoms with van der Waals surface area (Å²) in [6.45, 7) is 0.597. The molecule has 1 aliphatic carbocycles. The molecule has 1 amide bonds. The molecule has 2 unspecified atom stereocenters. The van der Waals surface area contributed by atoms with Crippen LogP contribution in [0.2, 0.25) is 0 Å². The highest BCUT2D eigenvalue weighted by Crippen LogP contribution is 2.38. The lowest BCUT2D eigenvalue weighted by Gasteiger charge is -2.20. The number of nitrogens with one attached hydrogen (secondary N) is 1. The summed E-state index contributed by atoms with van der Waals surface area (Å²) in [6.07, 6.45) is 3.14. The van der Waals surface area contributed by atoms with Gasteiger partial charge in [-0.1, -0.05) is 6.42 Å². The Labute approximate surface area is 130 Å². The van der Waals surface area contributed by atoms with E-state index in [2.05, 4.69) is 5.32 Å². The van der Waals surface area contributed by atoms with Crippen LogP contribution < -0.4 is 25.3 Å². The molecule has 1 aliphatic rings. The fraction of sp³-hybridized carbons (Fsp3) is 0.562. The molecule has 22 heavy (non-hydrogen) atoms. The van der Waals surface area contributed by atoms with Crippen LogP contribution in [0.5, 0.6) is 17.2 Å². The minimum atomic E-state index is -0.149. The van der Waals surface area contributed by atoms with Crippen molar-refractivity contribution in [2.45, 2.75) is 25.3 Å². The average molecular weight is 308 g/mol. The largest absolute Gasteiger partial charge is 0.493 e. The number of benzene rings is 1. The van der Waals surface area contributed by atoms with E-state index in [4.69, 9.17) is 19.9 Å². The van der Waals surface area contributed by atoms with Gasteiger partial charge in [0.25, 0.3) is 5.91 Å². The van der Waals surface area contributed by atoms with Gasteiger partial charge in [-0.05, 0) is 37.4 Å². The van der Waals surface area contributed by atoms with E-state index < -0.39 is 0 Å². The van der Waals surface area contributed by atoms with E-state index >= 15 is 0 Å². The molecule has 1 aromatic rings. The Morgan fingerprint density at radius 2 is 1.82 bits per heavy atom. The molecular weight excluding hydrogens is 284 g/mol. The summed E-state index contributed by atoms with van der Waals surface area (Å²) in [6, 6.07) is 3.45. The Morgan fingerprint density at radius 1 is 1.18 bits per heavy atom. The summed E-state index contributed by atoms with van der Waals surface area (Å²) in [5.41, 5.74) is 6.24. The second-order valence-corrected chi connectivity index (χ2v) is 5.42. The number of hydrogen-bond donors (Lipinski definition) is 2. The molecule has 0 radical (unpaired) electrons. The zero-order chi connectivity index (χ0) is 16.1. The van der Waals surface area contributed by atoms with E-state index in [9.17, 15) is 4.79 Å². The number of ether oxygens (including phenoxy) is 3. The summed E-state index contributed by atoms with van der Waals surface area (Å²) in [7, 11) is 4.59. The number of carbonyl (C=O) groups excluding carboxylic acids is 1. The first-order chi connectivity index (χ1) is 10.6. The van der Waals surface area contributed by atoms with Crippen molar-refractivity contribution in [2.75, 3.05) is 27.9 Å². The normalized spacial score (nSPS) is 20.5. The molecule has 0 aliphatic heterocycles. The summed E-state index contributed by atoms with van der Waals surface area (Å²) in [4.78, 5) is 12.5. The first kappa shape index (κ1) is 16.4. The van der Waals surface area contributed by atoms with Crippen LogP contribution in [0.4, 0.5) is 0 Å². The van der Waals surface area contributed by atoms with Gasteiger partial charge in [0.1, 0.15) is 0 Å². The standard InChI is InChI=1S/C16H24N2O4/c1-20-13-7-11(8-14(21-2)15(13)22-3)16(19)18-12-6-4-5-10(12)9-17/h7-8,10,12H,4-6,9,17H2,1-3H3,(H,18,19). The lowest BCUT2D eigenvalue weighted by molar-refractivity contribution is 0.0928. The van der Waals surface area contributed by atoms with Gasteiger partial charge in [0.05, 0.1) is 21.3 Å². The molecule has 0 bridgehead atoms. The van der Waals surface area contributed by atoms with Crippen molar-refractivity contribution >= 4 is 5.91 Å². The van der Waals surface area contributed by atoms with Crippen molar-refractivity contribution in [2.24, 2.45) is 11.7 Å². The molecule has 6 nitrogen and oxygen atoms in total. The Balaban J connectivity index is 2.22. The van der Waals surface area contributed by atoms with Gasteiger partial charge in [0.15, 0.2) is 11.5 Å². The number of carbonyl (C=O) groups is 1. The smallest absolute Gasteiger partial charge is 0.251 e. The molecule has 1 aromatic carbocycles. The fourth-order valence-electron chi connectivity index (χ4n) is 2.97. The highest BCUT2D eigenvalue weighted by molar-refractivity contribution is 5.95. The number of nitrogens with two attached hydrogens (primary N) is 1. The minimum absolute atomic E-state index is 0.136. The van der Waals surface area contributed by atoms with Gasteiger partial charge >= 0.3 is 0 Å². The topological polar surface area (TPSA) is 82.8 Å². The molecule has 1 fully saturated rings. The van der Waals surface area contributed by atoms with E-state index in [1.165, 1.54) is 21.3 Å². The first-order valence-electron chi connectivity index (χ1n) is 7.45. The molecule has 0 heterocycles. The monoisotopic (exact) mass is 308 g/mol. The van der Waals surface area contributed by atoms with Gasteiger partial charge in [-0.2, -0.15) is 0 Å². The molecule has 6 heteroatoms. The molecule has 122 valence electrons. The molecule has 3 N–H and O–H groups in total. The van der Waals surface area contributed by atoms with E-state index in [0.29, 0.717) is 35.3 Å². The third-order valence-corrected chi connectivity index (χ3v) is 4.21. The van der Waals surface area contributed by atoms with E-state index in [0.717, 1.165) is 19.3 Å². The summed E-state index contributed by atoms with van der Waals surface area (Å²) < 4.78 is 15.8. The third kappa shape index (κ3) is 3.27. The van der Waals surface area contributed by atoms with Gasteiger partial charge in [-0.25, -0.2) is 0 Å². The zero-order valence-electron chi connectivity index (χ0n) is 13.3. The van der Waals surface area contributed by atoms with Gasteiger partial charge in [0.2, 0.25) is 5.75 Å². The highest BCUT2D eigenvalue weighted by Gasteiger charge is 2.28. The SMILES string of the molecule is COc1cc(C(=O)NC2CCCC2CN)cc(OC)c1OC. The molecule has 0 spiro atoms. The summed E-state index contributed by atoms with van der Waals surface area (Å²) in [5, 5.41) is 3.07. The van der Waals surface area contributed by atoms with E-state index in [1.54, 1.807) is 12.1 Å². The van der Waals surface area contributed by atoms with Crippen molar-refractivity contribution in [3.63, 3.8) is 0 Å². The Morgan fingerprint density at radius 3 is 2.32 bits per heavy atom. The first-order valence-corrected chi connectivity index (χ1v) is 7.45. The van der Waals surface area contributed by atoms with Gasteiger partial charge in [-0.15, -0.1) is 0 Å². The number of methoxy groups -OCH3 is 3. The van der Waals surface area contributed by atoms with Gasteiger partial charge < -0.3 is 25.3 Å². The van der Waals surface area contributed by atoms with Crippen LogP contribution in [0.25, 0.3) is 0 Å². The minimum Gasteiger partial charge on any atom is -0.493 e. The summed E-state index contributed by atoms with van der Waals surface area (Å²) in [5.74, 6) is 1.61. The van der Waals surface area contributed by atoms with Crippen LogP contribution in [0.15, 0.2) is 12.1 Å². The Hall–Kier alpha value is -1.95.